The molecule has 14 heavy (non-hydrogen) atoms. The summed E-state index contributed by atoms with van der Waals surface area (Å²) in [6.45, 7) is 5.58. The van der Waals surface area contributed by atoms with Crippen LogP contribution in [0.2, 0.25) is 0 Å². The standard InChI is InChI=1S/C11H22N2O/c1-3-10(7-12-5-1)8-13-9-11-4-2-6-14-11/h10-13H,1-9H2. The molecule has 0 bridgehead atoms. The highest BCUT2D eigenvalue weighted by molar-refractivity contribution is 4.73. The van der Waals surface area contributed by atoms with Gasteiger partial charge in [0.05, 0.1) is 6.10 Å². The number of hydrogen-bond acceptors (Lipinski definition) is 3. The molecule has 0 spiro atoms. The van der Waals surface area contributed by atoms with Gasteiger partial charge in [0, 0.05) is 13.2 Å². The smallest absolute Gasteiger partial charge is 0.0700 e. The summed E-state index contributed by atoms with van der Waals surface area (Å²) in [4.78, 5) is 0. The molecule has 0 radical (unpaired) electrons. The van der Waals surface area contributed by atoms with E-state index in [4.69, 9.17) is 4.74 Å². The Balaban J connectivity index is 1.52. The van der Waals surface area contributed by atoms with Crippen LogP contribution in [0, 0.1) is 5.92 Å². The average Bonchev–Trinajstić information content (AvgIpc) is 2.72. The predicted octanol–water partition coefficient (Wildman–Crippen LogP) is 0.755. The minimum Gasteiger partial charge on any atom is -0.377 e. The molecule has 2 atom stereocenters. The molecule has 0 saturated carbocycles. The van der Waals surface area contributed by atoms with Gasteiger partial charge in [-0.15, -0.1) is 0 Å². The van der Waals surface area contributed by atoms with Crippen LogP contribution in [0.15, 0.2) is 0 Å². The van der Waals surface area contributed by atoms with Crippen LogP contribution in [-0.4, -0.2) is 38.9 Å². The zero-order chi connectivity index (χ0) is 9.64. The molecule has 2 aliphatic heterocycles. The highest BCUT2D eigenvalue weighted by atomic mass is 16.5. The second-order valence-electron chi connectivity index (χ2n) is 4.51. The van der Waals surface area contributed by atoms with Crippen LogP contribution in [0.4, 0.5) is 0 Å². The number of ether oxygens (including phenoxy) is 1. The Morgan fingerprint density at radius 3 is 2.93 bits per heavy atom. The first kappa shape index (κ1) is 10.4. The van der Waals surface area contributed by atoms with Crippen LogP contribution in [0.1, 0.15) is 25.7 Å². The molecule has 2 aliphatic rings. The fraction of sp³-hybridized carbons (Fsp3) is 1.00. The van der Waals surface area contributed by atoms with Gasteiger partial charge in [-0.05, 0) is 51.2 Å². The number of rotatable bonds is 4. The maximum Gasteiger partial charge on any atom is 0.0700 e. The fourth-order valence-corrected chi connectivity index (χ4v) is 2.35. The van der Waals surface area contributed by atoms with Crippen LogP contribution < -0.4 is 10.6 Å². The molecule has 2 fully saturated rings. The van der Waals surface area contributed by atoms with Crippen molar-refractivity contribution >= 4 is 0 Å². The summed E-state index contributed by atoms with van der Waals surface area (Å²) in [5.41, 5.74) is 0. The Bertz CT molecular complexity index is 151. The molecular formula is C11H22N2O. The average molecular weight is 198 g/mol. The van der Waals surface area contributed by atoms with Crippen LogP contribution in [0.5, 0.6) is 0 Å². The van der Waals surface area contributed by atoms with Gasteiger partial charge in [0.25, 0.3) is 0 Å². The number of nitrogens with one attached hydrogen (secondary N) is 2. The Kier molecular flexibility index (Phi) is 4.22. The Labute approximate surface area is 86.6 Å². The van der Waals surface area contributed by atoms with Crippen molar-refractivity contribution in [1.29, 1.82) is 0 Å². The normalized spacial score (nSPS) is 33.4. The molecular weight excluding hydrogens is 176 g/mol. The van der Waals surface area contributed by atoms with E-state index >= 15 is 0 Å². The lowest BCUT2D eigenvalue weighted by molar-refractivity contribution is 0.109. The van der Waals surface area contributed by atoms with Gasteiger partial charge in [0.2, 0.25) is 0 Å². The molecule has 3 heteroatoms. The minimum atomic E-state index is 0.492. The second-order valence-corrected chi connectivity index (χ2v) is 4.51. The van der Waals surface area contributed by atoms with Gasteiger partial charge in [0.1, 0.15) is 0 Å². The van der Waals surface area contributed by atoms with Crippen molar-refractivity contribution in [3.8, 4) is 0 Å². The zero-order valence-corrected chi connectivity index (χ0v) is 8.93. The Morgan fingerprint density at radius 1 is 1.21 bits per heavy atom. The largest absolute Gasteiger partial charge is 0.377 e. The molecule has 2 heterocycles. The molecule has 0 aromatic rings. The van der Waals surface area contributed by atoms with Crippen molar-refractivity contribution in [3.63, 3.8) is 0 Å². The maximum atomic E-state index is 5.56. The lowest BCUT2D eigenvalue weighted by atomic mass is 10.00. The Hall–Kier alpha value is -0.120. The van der Waals surface area contributed by atoms with Gasteiger partial charge in [0.15, 0.2) is 0 Å². The summed E-state index contributed by atoms with van der Waals surface area (Å²) in [5, 5.41) is 6.97. The highest BCUT2D eigenvalue weighted by Crippen LogP contribution is 2.12. The van der Waals surface area contributed by atoms with Crippen molar-refractivity contribution < 1.29 is 4.74 Å². The third kappa shape index (κ3) is 3.23. The molecule has 0 aliphatic carbocycles. The van der Waals surface area contributed by atoms with Crippen molar-refractivity contribution in [1.82, 2.24) is 10.6 Å². The van der Waals surface area contributed by atoms with Crippen molar-refractivity contribution in [2.45, 2.75) is 31.8 Å². The molecule has 0 aromatic heterocycles. The van der Waals surface area contributed by atoms with Crippen LogP contribution in [0.25, 0.3) is 0 Å². The molecule has 2 rings (SSSR count). The topological polar surface area (TPSA) is 33.3 Å². The third-order valence-electron chi connectivity index (χ3n) is 3.23. The summed E-state index contributed by atoms with van der Waals surface area (Å²) in [5.74, 6) is 0.838. The molecule has 2 saturated heterocycles. The van der Waals surface area contributed by atoms with Crippen LogP contribution >= 0.6 is 0 Å². The molecule has 0 aromatic carbocycles. The van der Waals surface area contributed by atoms with Gasteiger partial charge in [-0.1, -0.05) is 0 Å². The molecule has 2 unspecified atom stereocenters. The van der Waals surface area contributed by atoms with E-state index in [0.717, 1.165) is 25.6 Å². The summed E-state index contributed by atoms with van der Waals surface area (Å²) in [6, 6.07) is 0. The van der Waals surface area contributed by atoms with E-state index in [2.05, 4.69) is 10.6 Å². The van der Waals surface area contributed by atoms with Crippen molar-refractivity contribution in [3.05, 3.63) is 0 Å². The maximum absolute atomic E-state index is 5.56. The SMILES string of the molecule is C1CNCC(CNCC2CCCO2)C1. The zero-order valence-electron chi connectivity index (χ0n) is 8.93. The van der Waals surface area contributed by atoms with E-state index < -0.39 is 0 Å². The second kappa shape index (κ2) is 5.69. The van der Waals surface area contributed by atoms with Gasteiger partial charge in [-0.2, -0.15) is 0 Å². The number of hydrogen-bond donors (Lipinski definition) is 2. The highest BCUT2D eigenvalue weighted by Gasteiger charge is 2.16. The molecule has 82 valence electrons. The van der Waals surface area contributed by atoms with Crippen molar-refractivity contribution in [2.24, 2.45) is 5.92 Å². The lowest BCUT2D eigenvalue weighted by Crippen LogP contribution is -2.38. The van der Waals surface area contributed by atoms with E-state index in [1.807, 2.05) is 0 Å². The van der Waals surface area contributed by atoms with E-state index in [-0.39, 0.29) is 0 Å². The first-order chi connectivity index (χ1) is 6.95. The summed E-state index contributed by atoms with van der Waals surface area (Å²) in [6.07, 6.45) is 5.71. The summed E-state index contributed by atoms with van der Waals surface area (Å²) in [7, 11) is 0. The third-order valence-corrected chi connectivity index (χ3v) is 3.23. The monoisotopic (exact) mass is 198 g/mol. The van der Waals surface area contributed by atoms with E-state index in [9.17, 15) is 0 Å². The minimum absolute atomic E-state index is 0.492. The molecule has 2 N–H and O–H groups in total. The molecule has 3 nitrogen and oxygen atoms in total. The first-order valence-electron chi connectivity index (χ1n) is 5.98. The van der Waals surface area contributed by atoms with Crippen LogP contribution in [-0.2, 0) is 4.74 Å². The van der Waals surface area contributed by atoms with Gasteiger partial charge >= 0.3 is 0 Å². The predicted molar refractivity (Wildman–Crippen MR) is 57.4 cm³/mol. The number of piperidine rings is 1. The lowest BCUT2D eigenvalue weighted by Gasteiger charge is -2.23. The van der Waals surface area contributed by atoms with E-state index in [0.29, 0.717) is 6.10 Å². The Morgan fingerprint density at radius 2 is 2.21 bits per heavy atom. The van der Waals surface area contributed by atoms with E-state index in [1.54, 1.807) is 0 Å². The van der Waals surface area contributed by atoms with Gasteiger partial charge in [-0.25, -0.2) is 0 Å². The summed E-state index contributed by atoms with van der Waals surface area (Å²) < 4.78 is 5.56. The van der Waals surface area contributed by atoms with Crippen LogP contribution in [0.3, 0.4) is 0 Å². The first-order valence-corrected chi connectivity index (χ1v) is 5.98. The quantitative estimate of drug-likeness (QED) is 0.699. The van der Waals surface area contributed by atoms with Gasteiger partial charge in [-0.3, -0.25) is 0 Å². The fourth-order valence-electron chi connectivity index (χ4n) is 2.35. The van der Waals surface area contributed by atoms with E-state index in [1.165, 1.54) is 38.8 Å². The van der Waals surface area contributed by atoms with Crippen molar-refractivity contribution in [2.75, 3.05) is 32.8 Å². The molecule has 0 amide bonds. The van der Waals surface area contributed by atoms with Gasteiger partial charge < -0.3 is 15.4 Å². The summed E-state index contributed by atoms with van der Waals surface area (Å²) >= 11 is 0.